The van der Waals surface area contributed by atoms with Crippen LogP contribution in [0.5, 0.6) is 11.5 Å². The highest BCUT2D eigenvalue weighted by molar-refractivity contribution is 7.80. The number of ether oxygens (including phenoxy) is 1. The van der Waals surface area contributed by atoms with Gasteiger partial charge in [0.1, 0.15) is 11.5 Å². The lowest BCUT2D eigenvalue weighted by Gasteiger charge is -2.13. The summed E-state index contributed by atoms with van der Waals surface area (Å²) in [6.07, 6.45) is 0.941. The van der Waals surface area contributed by atoms with Crippen molar-refractivity contribution >= 4 is 34.6 Å². The molecule has 0 saturated heterocycles. The van der Waals surface area contributed by atoms with Gasteiger partial charge in [-0.15, -0.1) is 0 Å². The average molecular weight is 389 g/mol. The Morgan fingerprint density at radius 1 is 1.30 bits per heavy atom. The molecule has 1 unspecified atom stereocenters. The minimum absolute atomic E-state index is 0.0202. The molecule has 0 aliphatic heterocycles. The maximum Gasteiger partial charge on any atom is 0.271 e. The number of aromatic hydroxyl groups is 1. The molecular formula is C18H19N3O5S. The van der Waals surface area contributed by atoms with Gasteiger partial charge >= 0.3 is 0 Å². The molecule has 9 heteroatoms. The number of nitro benzene ring substituents is 1. The van der Waals surface area contributed by atoms with Crippen LogP contribution < -0.4 is 15.4 Å². The van der Waals surface area contributed by atoms with E-state index in [-0.39, 0.29) is 28.3 Å². The van der Waals surface area contributed by atoms with Crippen LogP contribution in [-0.4, -0.2) is 27.2 Å². The lowest BCUT2D eigenvalue weighted by molar-refractivity contribution is -0.384. The highest BCUT2D eigenvalue weighted by atomic mass is 32.1. The smallest absolute Gasteiger partial charge is 0.271 e. The molecule has 0 radical (unpaired) electrons. The van der Waals surface area contributed by atoms with Crippen molar-refractivity contribution in [1.29, 1.82) is 0 Å². The monoisotopic (exact) mass is 389 g/mol. The van der Waals surface area contributed by atoms with Crippen LogP contribution in [-0.2, 0) is 0 Å². The first-order chi connectivity index (χ1) is 12.8. The van der Waals surface area contributed by atoms with Gasteiger partial charge in [-0.1, -0.05) is 6.92 Å². The van der Waals surface area contributed by atoms with Crippen LogP contribution in [0.3, 0.4) is 0 Å². The first kappa shape index (κ1) is 20.1. The van der Waals surface area contributed by atoms with Gasteiger partial charge in [0.25, 0.3) is 11.6 Å². The van der Waals surface area contributed by atoms with Crippen molar-refractivity contribution in [2.75, 3.05) is 5.32 Å². The zero-order valence-electron chi connectivity index (χ0n) is 14.8. The van der Waals surface area contributed by atoms with Gasteiger partial charge in [-0.3, -0.25) is 20.2 Å². The summed E-state index contributed by atoms with van der Waals surface area (Å²) in [5, 5.41) is 25.5. The zero-order valence-corrected chi connectivity index (χ0v) is 15.6. The van der Waals surface area contributed by atoms with Crippen molar-refractivity contribution in [3.8, 4) is 11.5 Å². The quantitative estimate of drug-likeness (QED) is 0.299. The van der Waals surface area contributed by atoms with E-state index >= 15 is 0 Å². The summed E-state index contributed by atoms with van der Waals surface area (Å²) < 4.78 is 5.65. The molecule has 0 fully saturated rings. The Balaban J connectivity index is 2.00. The van der Waals surface area contributed by atoms with Gasteiger partial charge in [0.15, 0.2) is 5.11 Å². The molecule has 142 valence electrons. The number of non-ortho nitro benzene ring substituents is 1. The van der Waals surface area contributed by atoms with E-state index in [4.69, 9.17) is 17.0 Å². The molecule has 0 saturated carbocycles. The Bertz CT molecular complexity index is 855. The van der Waals surface area contributed by atoms with E-state index in [0.717, 1.165) is 18.6 Å². The number of carbonyl (C=O) groups is 1. The molecule has 1 atom stereocenters. The first-order valence-electron chi connectivity index (χ1n) is 8.16. The van der Waals surface area contributed by atoms with Gasteiger partial charge in [0.05, 0.1) is 16.7 Å². The molecule has 0 aliphatic rings. The number of phenolic OH excluding ortho intramolecular Hbond substituents is 1. The number of hydrogen-bond donors (Lipinski definition) is 3. The second-order valence-corrected chi connectivity index (χ2v) is 6.14. The van der Waals surface area contributed by atoms with Gasteiger partial charge in [-0.2, -0.15) is 0 Å². The lowest BCUT2D eigenvalue weighted by atomic mass is 10.2. The predicted octanol–water partition coefficient (Wildman–Crippen LogP) is 3.60. The Morgan fingerprint density at radius 2 is 1.96 bits per heavy atom. The summed E-state index contributed by atoms with van der Waals surface area (Å²) in [6.45, 7) is 3.97. The fourth-order valence-corrected chi connectivity index (χ4v) is 2.27. The molecule has 0 aliphatic carbocycles. The van der Waals surface area contributed by atoms with Gasteiger partial charge in [-0.05, 0) is 55.9 Å². The maximum atomic E-state index is 12.2. The van der Waals surface area contributed by atoms with Crippen molar-refractivity contribution in [2.45, 2.75) is 26.4 Å². The van der Waals surface area contributed by atoms with Gasteiger partial charge in [0, 0.05) is 17.7 Å². The minimum Gasteiger partial charge on any atom is -0.506 e. The highest BCUT2D eigenvalue weighted by Crippen LogP contribution is 2.27. The molecule has 2 rings (SSSR count). The Hall–Kier alpha value is -3.20. The van der Waals surface area contributed by atoms with E-state index in [9.17, 15) is 20.0 Å². The number of thiocarbonyl (C=S) groups is 1. The summed E-state index contributed by atoms with van der Waals surface area (Å²) in [5.74, 6) is -0.0422. The Kier molecular flexibility index (Phi) is 6.67. The van der Waals surface area contributed by atoms with E-state index in [0.29, 0.717) is 11.3 Å². The number of carbonyl (C=O) groups excluding carboxylic acids is 1. The van der Waals surface area contributed by atoms with Crippen molar-refractivity contribution in [3.05, 3.63) is 58.1 Å². The maximum absolute atomic E-state index is 12.2. The Morgan fingerprint density at radius 3 is 2.56 bits per heavy atom. The topological polar surface area (TPSA) is 114 Å². The number of nitrogens with one attached hydrogen (secondary N) is 2. The highest BCUT2D eigenvalue weighted by Gasteiger charge is 2.13. The third-order valence-corrected chi connectivity index (χ3v) is 3.90. The Labute approximate surface area is 161 Å². The summed E-state index contributed by atoms with van der Waals surface area (Å²) in [4.78, 5) is 22.5. The van der Waals surface area contributed by atoms with Gasteiger partial charge in [0.2, 0.25) is 0 Å². The van der Waals surface area contributed by atoms with Crippen molar-refractivity contribution in [1.82, 2.24) is 5.32 Å². The number of nitro groups is 1. The molecule has 3 N–H and O–H groups in total. The molecule has 0 aromatic heterocycles. The van der Waals surface area contributed by atoms with Gasteiger partial charge in [-0.25, -0.2) is 0 Å². The number of benzene rings is 2. The van der Waals surface area contributed by atoms with E-state index in [1.807, 2.05) is 13.8 Å². The molecule has 0 spiro atoms. The summed E-state index contributed by atoms with van der Waals surface area (Å²) in [7, 11) is 0. The summed E-state index contributed by atoms with van der Waals surface area (Å²) in [5.41, 5.74) is 0.159. The molecule has 2 aromatic carbocycles. The fraction of sp³-hybridized carbons (Fsp3) is 0.222. The number of rotatable bonds is 6. The molecule has 0 heterocycles. The van der Waals surface area contributed by atoms with Crippen LogP contribution in [0.1, 0.15) is 30.6 Å². The van der Waals surface area contributed by atoms with Crippen molar-refractivity contribution in [2.24, 2.45) is 0 Å². The first-order valence-corrected chi connectivity index (χ1v) is 8.57. The van der Waals surface area contributed by atoms with Crippen LogP contribution in [0, 0.1) is 10.1 Å². The zero-order chi connectivity index (χ0) is 20.0. The third-order valence-electron chi connectivity index (χ3n) is 3.69. The van der Waals surface area contributed by atoms with Crippen LogP contribution in [0.4, 0.5) is 11.4 Å². The van der Waals surface area contributed by atoms with E-state index in [2.05, 4.69) is 10.6 Å². The molecule has 2 aromatic rings. The number of nitrogens with zero attached hydrogens (tertiary/aromatic N) is 1. The molecular weight excluding hydrogens is 370 g/mol. The van der Waals surface area contributed by atoms with Gasteiger partial charge < -0.3 is 15.2 Å². The molecule has 1 amide bonds. The van der Waals surface area contributed by atoms with Crippen LogP contribution in [0.25, 0.3) is 0 Å². The lowest BCUT2D eigenvalue weighted by Crippen LogP contribution is -2.34. The minimum atomic E-state index is -0.602. The van der Waals surface area contributed by atoms with Crippen molar-refractivity contribution in [3.63, 3.8) is 0 Å². The fourth-order valence-electron chi connectivity index (χ4n) is 2.07. The SMILES string of the molecule is CCC(C)Oc1ccc(C(=O)NC(=S)Nc2cc([N+](=O)[O-])ccc2O)cc1. The average Bonchev–Trinajstić information content (AvgIpc) is 2.63. The molecule has 0 bridgehead atoms. The van der Waals surface area contributed by atoms with Crippen LogP contribution in [0.2, 0.25) is 0 Å². The summed E-state index contributed by atoms with van der Waals surface area (Å²) in [6, 6.07) is 10.0. The van der Waals surface area contributed by atoms with E-state index in [1.54, 1.807) is 24.3 Å². The number of phenols is 1. The number of hydrogen-bond acceptors (Lipinski definition) is 6. The second-order valence-electron chi connectivity index (χ2n) is 5.73. The number of anilines is 1. The third kappa shape index (κ3) is 5.65. The largest absolute Gasteiger partial charge is 0.506 e. The molecule has 8 nitrogen and oxygen atoms in total. The van der Waals surface area contributed by atoms with E-state index < -0.39 is 10.8 Å². The van der Waals surface area contributed by atoms with Crippen molar-refractivity contribution < 1.29 is 19.6 Å². The molecule has 27 heavy (non-hydrogen) atoms. The van der Waals surface area contributed by atoms with E-state index in [1.165, 1.54) is 6.07 Å². The van der Waals surface area contributed by atoms with Crippen LogP contribution in [0.15, 0.2) is 42.5 Å². The summed E-state index contributed by atoms with van der Waals surface area (Å²) >= 11 is 5.03. The predicted molar refractivity (Wildman–Crippen MR) is 105 cm³/mol. The second kappa shape index (κ2) is 8.95. The van der Waals surface area contributed by atoms with Crippen LogP contribution >= 0.6 is 12.2 Å². The number of amides is 1. The normalized spacial score (nSPS) is 11.3. The standard InChI is InChI=1S/C18H19N3O5S/c1-3-11(2)26-14-7-4-12(5-8-14)17(23)20-18(27)19-15-10-13(21(24)25)6-9-16(15)22/h4-11,22H,3H2,1-2H3,(H2,19,20,23,27).